The molecule has 0 aromatic rings. The van der Waals surface area contributed by atoms with Crippen LogP contribution in [0.25, 0.3) is 0 Å². The van der Waals surface area contributed by atoms with Crippen molar-refractivity contribution >= 4 is 39.5 Å². The number of aliphatic hydroxyl groups excluding tert-OH is 1. The molecule has 17 nitrogen and oxygen atoms in total. The highest BCUT2D eigenvalue weighted by Crippen LogP contribution is 2.45. The quantitative estimate of drug-likeness (QED) is 0.0222. The molecule has 0 heterocycles. The van der Waals surface area contributed by atoms with E-state index >= 15 is 0 Å². The maximum absolute atomic E-state index is 13.1. The fraction of sp³-hybridized carbons (Fsp3) is 0.950. The first-order chi connectivity index (χ1) is 47.6. The van der Waals surface area contributed by atoms with Crippen LogP contribution in [0.3, 0.4) is 0 Å². The zero-order chi connectivity index (χ0) is 73.1. The van der Waals surface area contributed by atoms with Crippen molar-refractivity contribution in [1.29, 1.82) is 0 Å². The van der Waals surface area contributed by atoms with Crippen molar-refractivity contribution < 1.29 is 80.2 Å². The summed E-state index contributed by atoms with van der Waals surface area (Å²) in [4.78, 5) is 72.9. The molecule has 0 saturated carbocycles. The van der Waals surface area contributed by atoms with Gasteiger partial charge in [0.1, 0.15) is 19.3 Å². The first kappa shape index (κ1) is 97.1. The van der Waals surface area contributed by atoms with Gasteiger partial charge in [-0.25, -0.2) is 9.13 Å². The molecule has 0 fully saturated rings. The van der Waals surface area contributed by atoms with Gasteiger partial charge in [0.15, 0.2) is 12.2 Å². The average molecular weight is 1450 g/mol. The topological polar surface area (TPSA) is 237 Å². The first-order valence-corrected chi connectivity index (χ1v) is 44.2. The van der Waals surface area contributed by atoms with Crippen molar-refractivity contribution in [3.8, 4) is 0 Å². The van der Waals surface area contributed by atoms with Crippen molar-refractivity contribution in [2.24, 2.45) is 23.7 Å². The number of phosphoric ester groups is 2. The second-order valence-electron chi connectivity index (χ2n) is 30.5. The van der Waals surface area contributed by atoms with E-state index in [0.717, 1.165) is 114 Å². The van der Waals surface area contributed by atoms with E-state index in [4.69, 9.17) is 37.0 Å². The lowest BCUT2D eigenvalue weighted by molar-refractivity contribution is -0.161. The number of esters is 4. The number of hydrogen-bond donors (Lipinski definition) is 3. The molecule has 4 unspecified atom stereocenters. The number of phosphoric acid groups is 2. The highest BCUT2D eigenvalue weighted by atomic mass is 31.2. The smallest absolute Gasteiger partial charge is 0.462 e. The zero-order valence-corrected chi connectivity index (χ0v) is 66.9. The molecule has 0 aliphatic carbocycles. The lowest BCUT2D eigenvalue weighted by atomic mass is 9.99. The molecule has 588 valence electrons. The third-order valence-electron chi connectivity index (χ3n) is 18.9. The van der Waals surface area contributed by atoms with E-state index in [0.29, 0.717) is 31.6 Å². The van der Waals surface area contributed by atoms with Gasteiger partial charge in [-0.3, -0.25) is 37.3 Å². The van der Waals surface area contributed by atoms with Crippen molar-refractivity contribution in [3.05, 3.63) is 0 Å². The number of carbonyl (C=O) groups is 4. The standard InChI is InChI=1S/C80H156O17P2/c1-9-73(8)59-51-43-35-27-21-16-14-12-10-11-13-15-17-22-28-37-46-54-62-79(84)97-76(67-91-78(83)61-53-45-39-31-34-42-50-58-72(6)7)69-95-99(88,89)93-65-74(81)64-92-98(86,87)94-68-75(66-90-77(82)60-52-44-36-30-24-26-33-41-49-57-71(4)5)96-80(85)63-55-47-38-29-23-19-18-20-25-32-40-48-56-70(2)3/h70-76,81H,9-69H2,1-8H3,(H,86,87)(H,88,89)/t73?,74?,75-,76-/m1/s1. The second kappa shape index (κ2) is 69.1. The summed E-state index contributed by atoms with van der Waals surface area (Å²) >= 11 is 0. The average Bonchev–Trinajstić information content (AvgIpc) is 1.07. The number of unbranched alkanes of at least 4 members (excludes halogenated alkanes) is 42. The summed E-state index contributed by atoms with van der Waals surface area (Å²) in [5, 5.41) is 10.6. The Morgan fingerprint density at radius 1 is 0.283 bits per heavy atom. The third kappa shape index (κ3) is 72.8. The van der Waals surface area contributed by atoms with E-state index in [1.807, 2.05) is 0 Å². The molecule has 0 aliphatic heterocycles. The van der Waals surface area contributed by atoms with E-state index in [9.17, 15) is 43.2 Å². The zero-order valence-electron chi connectivity index (χ0n) is 65.1. The van der Waals surface area contributed by atoms with Gasteiger partial charge in [-0.05, 0) is 49.4 Å². The van der Waals surface area contributed by atoms with Crippen LogP contribution >= 0.6 is 15.6 Å². The summed E-state index contributed by atoms with van der Waals surface area (Å²) in [5.41, 5.74) is 0. The summed E-state index contributed by atoms with van der Waals surface area (Å²) in [7, 11) is -9.92. The maximum Gasteiger partial charge on any atom is 0.472 e. The van der Waals surface area contributed by atoms with E-state index in [1.54, 1.807) is 0 Å². The summed E-state index contributed by atoms with van der Waals surface area (Å²) < 4.78 is 68.6. The van der Waals surface area contributed by atoms with Crippen LogP contribution in [0.2, 0.25) is 0 Å². The molecule has 0 saturated heterocycles. The first-order valence-electron chi connectivity index (χ1n) is 41.2. The number of carbonyl (C=O) groups excluding carboxylic acids is 4. The van der Waals surface area contributed by atoms with Gasteiger partial charge in [-0.1, -0.05) is 357 Å². The molecule has 0 amide bonds. The van der Waals surface area contributed by atoms with Gasteiger partial charge in [-0.15, -0.1) is 0 Å². The maximum atomic E-state index is 13.1. The van der Waals surface area contributed by atoms with Gasteiger partial charge in [0.05, 0.1) is 26.4 Å². The van der Waals surface area contributed by atoms with E-state index in [1.165, 1.54) is 205 Å². The van der Waals surface area contributed by atoms with Crippen LogP contribution in [0.1, 0.15) is 409 Å². The van der Waals surface area contributed by atoms with Gasteiger partial charge in [-0.2, -0.15) is 0 Å². The predicted octanol–water partition coefficient (Wildman–Crippen LogP) is 23.6. The fourth-order valence-electron chi connectivity index (χ4n) is 12.2. The van der Waals surface area contributed by atoms with E-state index < -0.39 is 97.5 Å². The van der Waals surface area contributed by atoms with Gasteiger partial charge in [0.25, 0.3) is 0 Å². The molecule has 0 radical (unpaired) electrons. The monoisotopic (exact) mass is 1450 g/mol. The van der Waals surface area contributed by atoms with Crippen LogP contribution in [0.15, 0.2) is 0 Å². The van der Waals surface area contributed by atoms with E-state index in [2.05, 4.69) is 55.4 Å². The summed E-state index contributed by atoms with van der Waals surface area (Å²) in [5.74, 6) is 0.979. The number of ether oxygens (including phenoxy) is 4. The van der Waals surface area contributed by atoms with Crippen LogP contribution in [-0.4, -0.2) is 96.7 Å². The molecular formula is C80H156O17P2. The minimum atomic E-state index is -4.96. The van der Waals surface area contributed by atoms with Crippen LogP contribution in [-0.2, 0) is 65.4 Å². The largest absolute Gasteiger partial charge is 0.472 e. The third-order valence-corrected chi connectivity index (χ3v) is 20.8. The van der Waals surface area contributed by atoms with Crippen LogP contribution < -0.4 is 0 Å². The number of rotatable bonds is 77. The molecule has 0 spiro atoms. The normalized spacial score (nSPS) is 14.3. The molecule has 0 rings (SSSR count). The molecule has 19 heteroatoms. The summed E-state index contributed by atoms with van der Waals surface area (Å²) in [6.45, 7) is 14.2. The van der Waals surface area contributed by atoms with Crippen LogP contribution in [0.4, 0.5) is 0 Å². The molecule has 6 atom stereocenters. The molecule has 99 heavy (non-hydrogen) atoms. The van der Waals surface area contributed by atoms with Gasteiger partial charge >= 0.3 is 39.5 Å². The Balaban J connectivity index is 5.19. The van der Waals surface area contributed by atoms with Crippen molar-refractivity contribution in [1.82, 2.24) is 0 Å². The minimum absolute atomic E-state index is 0.106. The summed E-state index contributed by atoms with van der Waals surface area (Å²) in [6.07, 6.45) is 55.6. The highest BCUT2D eigenvalue weighted by Gasteiger charge is 2.30. The lowest BCUT2D eigenvalue weighted by Gasteiger charge is -2.21. The summed E-state index contributed by atoms with van der Waals surface area (Å²) in [6, 6.07) is 0. The Kier molecular flexibility index (Phi) is 67.8. The fourth-order valence-corrected chi connectivity index (χ4v) is 13.8. The molecule has 0 aromatic carbocycles. The van der Waals surface area contributed by atoms with Crippen molar-refractivity contribution in [2.75, 3.05) is 39.6 Å². The Hall–Kier alpha value is -1.94. The Morgan fingerprint density at radius 3 is 0.717 bits per heavy atom. The van der Waals surface area contributed by atoms with Gasteiger partial charge in [0, 0.05) is 25.7 Å². The highest BCUT2D eigenvalue weighted by molar-refractivity contribution is 7.47. The molecule has 0 aliphatic rings. The Labute approximate surface area is 607 Å². The Bertz CT molecular complexity index is 1940. The van der Waals surface area contributed by atoms with Crippen molar-refractivity contribution in [2.45, 2.75) is 427 Å². The van der Waals surface area contributed by atoms with Crippen molar-refractivity contribution in [3.63, 3.8) is 0 Å². The van der Waals surface area contributed by atoms with E-state index in [-0.39, 0.29) is 25.7 Å². The SMILES string of the molecule is CCC(C)CCCCCCCCCCCCCCCCCCCCC(=O)O[C@H](COC(=O)CCCCCCCCCC(C)C)COP(=O)(O)OCC(O)COP(=O)(O)OC[C@@H](COC(=O)CCCCCCCCCCCC(C)C)OC(=O)CCCCCCCCCCCCCCC(C)C. The van der Waals surface area contributed by atoms with Gasteiger partial charge < -0.3 is 33.8 Å². The Morgan fingerprint density at radius 2 is 0.485 bits per heavy atom. The molecule has 3 N–H and O–H groups in total. The lowest BCUT2D eigenvalue weighted by Crippen LogP contribution is -2.30. The molecule has 0 aromatic heterocycles. The van der Waals surface area contributed by atoms with Crippen LogP contribution in [0.5, 0.6) is 0 Å². The molecule has 0 bridgehead atoms. The number of hydrogen-bond acceptors (Lipinski definition) is 15. The second-order valence-corrected chi connectivity index (χ2v) is 33.4. The predicted molar refractivity (Wildman–Crippen MR) is 404 cm³/mol. The van der Waals surface area contributed by atoms with Crippen LogP contribution in [0, 0.1) is 23.7 Å². The molecular weight excluding hydrogens is 1290 g/mol. The number of aliphatic hydroxyl groups is 1. The van der Waals surface area contributed by atoms with Gasteiger partial charge in [0.2, 0.25) is 0 Å². The minimum Gasteiger partial charge on any atom is -0.462 e.